The highest BCUT2D eigenvalue weighted by Crippen LogP contribution is 2.07. The highest BCUT2D eigenvalue weighted by molar-refractivity contribution is 5.88. The Balaban J connectivity index is 2.44. The number of rotatable bonds is 5. The number of carbonyl (C=O) groups is 2. The van der Waals surface area contributed by atoms with Crippen LogP contribution in [-0.2, 0) is 9.59 Å². The minimum absolute atomic E-state index is 0.0232. The summed E-state index contributed by atoms with van der Waals surface area (Å²) in [5.74, 6) is 0.105. The van der Waals surface area contributed by atoms with Crippen LogP contribution in [0.2, 0.25) is 0 Å². The summed E-state index contributed by atoms with van der Waals surface area (Å²) in [5, 5.41) is 2.85. The van der Waals surface area contributed by atoms with E-state index in [2.05, 4.69) is 29.1 Å². The second-order valence-corrected chi connectivity index (χ2v) is 5.96. The summed E-state index contributed by atoms with van der Waals surface area (Å²) in [5.41, 5.74) is 0. The van der Waals surface area contributed by atoms with Gasteiger partial charge in [-0.15, -0.1) is 0 Å². The Kier molecular flexibility index (Phi) is 5.94. The van der Waals surface area contributed by atoms with E-state index in [0.29, 0.717) is 12.6 Å². The molecule has 1 heterocycles. The van der Waals surface area contributed by atoms with E-state index in [1.54, 1.807) is 0 Å². The first-order valence-electron chi connectivity index (χ1n) is 7.03. The molecule has 5 nitrogen and oxygen atoms in total. The van der Waals surface area contributed by atoms with Crippen LogP contribution in [0.5, 0.6) is 0 Å². The first kappa shape index (κ1) is 16.1. The fourth-order valence-corrected chi connectivity index (χ4v) is 2.43. The van der Waals surface area contributed by atoms with Gasteiger partial charge in [0.2, 0.25) is 5.91 Å². The summed E-state index contributed by atoms with van der Waals surface area (Å²) in [6.07, 6.45) is 0. The van der Waals surface area contributed by atoms with Gasteiger partial charge in [0.25, 0.3) is 0 Å². The molecule has 1 amide bonds. The molecule has 0 saturated carbocycles. The van der Waals surface area contributed by atoms with Gasteiger partial charge >= 0.3 is 0 Å². The molecule has 1 fully saturated rings. The zero-order valence-corrected chi connectivity index (χ0v) is 12.8. The molecule has 1 N–H and O–H groups in total. The lowest BCUT2D eigenvalue weighted by Gasteiger charge is -2.37. The third-order valence-electron chi connectivity index (χ3n) is 3.83. The summed E-state index contributed by atoms with van der Waals surface area (Å²) in [6.45, 7) is 10.8. The van der Waals surface area contributed by atoms with Crippen LogP contribution >= 0.6 is 0 Å². The van der Waals surface area contributed by atoms with Crippen molar-refractivity contribution < 1.29 is 9.59 Å². The molecular formula is C14H27N3O2. The van der Waals surface area contributed by atoms with Gasteiger partial charge < -0.3 is 10.2 Å². The fraction of sp³-hybridized carbons (Fsp3) is 0.857. The molecule has 5 heteroatoms. The second-order valence-electron chi connectivity index (χ2n) is 5.96. The van der Waals surface area contributed by atoms with Gasteiger partial charge in [-0.2, -0.15) is 0 Å². The zero-order valence-electron chi connectivity index (χ0n) is 12.8. The maximum Gasteiger partial charge on any atom is 0.234 e. The van der Waals surface area contributed by atoms with Crippen molar-refractivity contribution in [3.05, 3.63) is 0 Å². The molecule has 2 atom stereocenters. The second kappa shape index (κ2) is 7.01. The van der Waals surface area contributed by atoms with Gasteiger partial charge in [0.05, 0.1) is 12.6 Å². The first-order chi connectivity index (χ1) is 8.81. The SMILES string of the molecule is CC(=O)C(NC(=O)CN1CCN(C)C(C)C1)C(C)C. The van der Waals surface area contributed by atoms with Crippen LogP contribution in [0.15, 0.2) is 0 Å². The van der Waals surface area contributed by atoms with E-state index >= 15 is 0 Å². The molecule has 0 aromatic carbocycles. The Morgan fingerprint density at radius 3 is 2.42 bits per heavy atom. The Labute approximate surface area is 116 Å². The van der Waals surface area contributed by atoms with E-state index in [1.165, 1.54) is 6.92 Å². The summed E-state index contributed by atoms with van der Waals surface area (Å²) < 4.78 is 0. The predicted molar refractivity (Wildman–Crippen MR) is 76.0 cm³/mol. The van der Waals surface area contributed by atoms with Gasteiger partial charge in [-0.25, -0.2) is 0 Å². The lowest BCUT2D eigenvalue weighted by molar-refractivity contribution is -0.128. The number of Topliss-reactive ketones (excluding diaryl/α,β-unsaturated/α-hetero) is 1. The average molecular weight is 269 g/mol. The number of nitrogens with zero attached hydrogens (tertiary/aromatic N) is 2. The monoisotopic (exact) mass is 269 g/mol. The van der Waals surface area contributed by atoms with Crippen molar-refractivity contribution in [3.8, 4) is 0 Å². The van der Waals surface area contributed by atoms with Crippen molar-refractivity contribution in [2.75, 3.05) is 33.2 Å². The first-order valence-corrected chi connectivity index (χ1v) is 7.03. The molecule has 1 aliphatic heterocycles. The minimum atomic E-state index is -0.364. The maximum absolute atomic E-state index is 12.0. The molecule has 0 spiro atoms. The van der Waals surface area contributed by atoms with E-state index < -0.39 is 0 Å². The van der Waals surface area contributed by atoms with Crippen molar-refractivity contribution in [2.45, 2.75) is 39.8 Å². The quantitative estimate of drug-likeness (QED) is 0.782. The van der Waals surface area contributed by atoms with E-state index in [9.17, 15) is 9.59 Å². The number of piperazine rings is 1. The number of amides is 1. The largest absolute Gasteiger partial charge is 0.345 e. The number of carbonyl (C=O) groups excluding carboxylic acids is 2. The van der Waals surface area contributed by atoms with Crippen LogP contribution in [0, 0.1) is 5.92 Å². The van der Waals surface area contributed by atoms with E-state index in [0.717, 1.165) is 19.6 Å². The molecule has 1 saturated heterocycles. The molecule has 19 heavy (non-hydrogen) atoms. The van der Waals surface area contributed by atoms with Crippen LogP contribution in [0.4, 0.5) is 0 Å². The third-order valence-corrected chi connectivity index (χ3v) is 3.83. The molecule has 0 bridgehead atoms. The fourth-order valence-electron chi connectivity index (χ4n) is 2.43. The summed E-state index contributed by atoms with van der Waals surface area (Å²) in [6, 6.07) is 0.104. The third kappa shape index (κ3) is 4.91. The summed E-state index contributed by atoms with van der Waals surface area (Å²) in [7, 11) is 2.10. The van der Waals surface area contributed by atoms with Crippen LogP contribution in [0.3, 0.4) is 0 Å². The highest BCUT2D eigenvalue weighted by atomic mass is 16.2. The van der Waals surface area contributed by atoms with Gasteiger partial charge in [-0.1, -0.05) is 13.8 Å². The number of hydrogen-bond acceptors (Lipinski definition) is 4. The minimum Gasteiger partial charge on any atom is -0.345 e. The molecule has 2 unspecified atom stereocenters. The lowest BCUT2D eigenvalue weighted by atomic mass is 10.0. The summed E-state index contributed by atoms with van der Waals surface area (Å²) in [4.78, 5) is 27.9. The van der Waals surface area contributed by atoms with E-state index in [-0.39, 0.29) is 23.7 Å². The van der Waals surface area contributed by atoms with Crippen molar-refractivity contribution in [1.29, 1.82) is 0 Å². The van der Waals surface area contributed by atoms with Crippen LogP contribution in [0.25, 0.3) is 0 Å². The van der Waals surface area contributed by atoms with E-state index in [4.69, 9.17) is 0 Å². The number of likely N-dealkylation sites (N-methyl/N-ethyl adjacent to an activating group) is 1. The topological polar surface area (TPSA) is 52.7 Å². The Bertz CT molecular complexity index is 331. The highest BCUT2D eigenvalue weighted by Gasteiger charge is 2.25. The molecule has 1 aliphatic rings. The molecule has 0 aromatic rings. The lowest BCUT2D eigenvalue weighted by Crippen LogP contribution is -2.54. The van der Waals surface area contributed by atoms with Gasteiger partial charge in [0.1, 0.15) is 0 Å². The Morgan fingerprint density at radius 1 is 1.32 bits per heavy atom. The standard InChI is InChI=1S/C14H27N3O2/c1-10(2)14(12(4)18)15-13(19)9-17-7-6-16(5)11(3)8-17/h10-11,14H,6-9H2,1-5H3,(H,15,19). The van der Waals surface area contributed by atoms with Crippen LogP contribution in [0.1, 0.15) is 27.7 Å². The Morgan fingerprint density at radius 2 is 1.95 bits per heavy atom. The van der Waals surface area contributed by atoms with Crippen molar-refractivity contribution in [2.24, 2.45) is 5.92 Å². The number of hydrogen-bond donors (Lipinski definition) is 1. The van der Waals surface area contributed by atoms with Crippen molar-refractivity contribution >= 4 is 11.7 Å². The van der Waals surface area contributed by atoms with Crippen LogP contribution in [-0.4, -0.2) is 66.8 Å². The van der Waals surface area contributed by atoms with Gasteiger partial charge in [-0.05, 0) is 26.8 Å². The predicted octanol–water partition coefficient (Wildman–Crippen LogP) is 0.352. The zero-order chi connectivity index (χ0) is 14.6. The van der Waals surface area contributed by atoms with Crippen molar-refractivity contribution in [3.63, 3.8) is 0 Å². The maximum atomic E-state index is 12.0. The average Bonchev–Trinajstić information content (AvgIpc) is 2.30. The normalized spacial score (nSPS) is 23.4. The molecule has 0 aromatic heterocycles. The molecule has 1 rings (SSSR count). The van der Waals surface area contributed by atoms with Crippen LogP contribution < -0.4 is 5.32 Å². The smallest absolute Gasteiger partial charge is 0.234 e. The summed E-state index contributed by atoms with van der Waals surface area (Å²) >= 11 is 0. The van der Waals surface area contributed by atoms with E-state index in [1.807, 2.05) is 13.8 Å². The number of ketones is 1. The van der Waals surface area contributed by atoms with Gasteiger partial charge in [0.15, 0.2) is 5.78 Å². The molecule has 0 aliphatic carbocycles. The van der Waals surface area contributed by atoms with Gasteiger partial charge in [-0.3, -0.25) is 14.5 Å². The van der Waals surface area contributed by atoms with Gasteiger partial charge in [0, 0.05) is 25.7 Å². The molecule has 0 radical (unpaired) electrons. The number of nitrogens with one attached hydrogen (secondary N) is 1. The molecular weight excluding hydrogens is 242 g/mol. The molecule has 110 valence electrons. The van der Waals surface area contributed by atoms with Crippen molar-refractivity contribution in [1.82, 2.24) is 15.1 Å². The Hall–Kier alpha value is -0.940.